The van der Waals surface area contributed by atoms with Crippen molar-refractivity contribution in [3.05, 3.63) is 60.2 Å². The lowest BCUT2D eigenvalue weighted by Crippen LogP contribution is -2.33. The number of nitrogens with two attached hydrogens (primary N) is 1. The van der Waals surface area contributed by atoms with Gasteiger partial charge in [0.05, 0.1) is 12.3 Å². The Hall–Kier alpha value is -2.33. The lowest BCUT2D eigenvalue weighted by Gasteiger charge is -2.23. The van der Waals surface area contributed by atoms with Gasteiger partial charge in [-0.05, 0) is 24.1 Å². The number of carbonyl (C=O) groups excluding carboxylic acids is 1. The molecule has 1 heterocycles. The number of para-hydroxylation sites is 2. The van der Waals surface area contributed by atoms with Gasteiger partial charge in [-0.25, -0.2) is 0 Å². The van der Waals surface area contributed by atoms with Crippen molar-refractivity contribution < 1.29 is 9.53 Å². The summed E-state index contributed by atoms with van der Waals surface area (Å²) >= 11 is 0. The van der Waals surface area contributed by atoms with Crippen LogP contribution in [0.4, 0.5) is 5.69 Å². The number of hydrogen-bond donors (Lipinski definition) is 1. The van der Waals surface area contributed by atoms with Crippen LogP contribution in [0.5, 0.6) is 5.75 Å². The van der Waals surface area contributed by atoms with E-state index in [0.29, 0.717) is 19.6 Å². The number of fused-ring (bicyclic) bond motifs is 1. The molecule has 1 aliphatic rings. The molecular weight excluding hydrogens is 276 g/mol. The SMILES string of the molecule is N[C@@H](CC(=O)N1CCCOc2ccccc21)c1ccccc1. The maximum Gasteiger partial charge on any atom is 0.229 e. The number of benzene rings is 2. The zero-order valence-corrected chi connectivity index (χ0v) is 12.4. The third-order valence-electron chi connectivity index (χ3n) is 3.86. The monoisotopic (exact) mass is 296 g/mol. The molecule has 3 rings (SSSR count). The van der Waals surface area contributed by atoms with E-state index < -0.39 is 0 Å². The summed E-state index contributed by atoms with van der Waals surface area (Å²) in [5.41, 5.74) is 8.00. The van der Waals surface area contributed by atoms with Crippen LogP contribution in [0.3, 0.4) is 0 Å². The Bertz CT molecular complexity index is 643. The molecule has 0 bridgehead atoms. The molecule has 22 heavy (non-hydrogen) atoms. The molecule has 0 fully saturated rings. The lowest BCUT2D eigenvalue weighted by atomic mass is 10.0. The minimum atomic E-state index is -0.287. The van der Waals surface area contributed by atoms with Gasteiger partial charge in [0.25, 0.3) is 0 Å². The van der Waals surface area contributed by atoms with E-state index in [1.807, 2.05) is 54.6 Å². The molecule has 0 aliphatic carbocycles. The van der Waals surface area contributed by atoms with Crippen molar-refractivity contribution in [3.63, 3.8) is 0 Å². The molecular formula is C18H20N2O2. The van der Waals surface area contributed by atoms with Gasteiger partial charge in [-0.15, -0.1) is 0 Å². The Morgan fingerprint density at radius 1 is 1.14 bits per heavy atom. The topological polar surface area (TPSA) is 55.6 Å². The Kier molecular flexibility index (Phi) is 4.39. The number of hydrogen-bond acceptors (Lipinski definition) is 3. The highest BCUT2D eigenvalue weighted by atomic mass is 16.5. The molecule has 2 N–H and O–H groups in total. The number of anilines is 1. The number of ether oxygens (including phenoxy) is 1. The molecule has 0 radical (unpaired) electrons. The number of rotatable bonds is 3. The summed E-state index contributed by atoms with van der Waals surface area (Å²) in [5.74, 6) is 0.802. The molecule has 4 heteroatoms. The van der Waals surface area contributed by atoms with Gasteiger partial charge in [-0.3, -0.25) is 4.79 Å². The minimum absolute atomic E-state index is 0.0364. The number of nitrogens with zero attached hydrogens (tertiary/aromatic N) is 1. The van der Waals surface area contributed by atoms with E-state index in [0.717, 1.165) is 23.4 Å². The Balaban J connectivity index is 1.77. The zero-order chi connectivity index (χ0) is 15.4. The van der Waals surface area contributed by atoms with E-state index in [1.165, 1.54) is 0 Å². The Morgan fingerprint density at radius 3 is 2.68 bits per heavy atom. The van der Waals surface area contributed by atoms with Gasteiger partial charge >= 0.3 is 0 Å². The average molecular weight is 296 g/mol. The summed E-state index contributed by atoms with van der Waals surface area (Å²) in [5, 5.41) is 0. The van der Waals surface area contributed by atoms with Crippen LogP contribution in [0.1, 0.15) is 24.4 Å². The van der Waals surface area contributed by atoms with Gasteiger partial charge in [-0.2, -0.15) is 0 Å². The van der Waals surface area contributed by atoms with Crippen LogP contribution < -0.4 is 15.4 Å². The van der Waals surface area contributed by atoms with Crippen LogP contribution >= 0.6 is 0 Å². The fraction of sp³-hybridized carbons (Fsp3) is 0.278. The molecule has 4 nitrogen and oxygen atoms in total. The van der Waals surface area contributed by atoms with Gasteiger partial charge in [0, 0.05) is 19.0 Å². The first-order valence-corrected chi connectivity index (χ1v) is 7.58. The smallest absolute Gasteiger partial charge is 0.229 e. The first kappa shape index (κ1) is 14.6. The summed E-state index contributed by atoms with van der Waals surface area (Å²) in [6.45, 7) is 1.29. The van der Waals surface area contributed by atoms with Crippen LogP contribution in [0, 0.1) is 0 Å². The van der Waals surface area contributed by atoms with Crippen molar-refractivity contribution in [3.8, 4) is 5.75 Å². The van der Waals surface area contributed by atoms with E-state index in [1.54, 1.807) is 4.90 Å². The highest BCUT2D eigenvalue weighted by molar-refractivity contribution is 5.95. The van der Waals surface area contributed by atoms with Crippen molar-refractivity contribution in [1.82, 2.24) is 0 Å². The summed E-state index contributed by atoms with van der Waals surface area (Å²) in [7, 11) is 0. The Morgan fingerprint density at radius 2 is 1.86 bits per heavy atom. The lowest BCUT2D eigenvalue weighted by molar-refractivity contribution is -0.119. The quantitative estimate of drug-likeness (QED) is 0.947. The number of carbonyl (C=O) groups is 1. The van der Waals surface area contributed by atoms with E-state index in [9.17, 15) is 4.79 Å². The van der Waals surface area contributed by atoms with Crippen LogP contribution in [0.2, 0.25) is 0 Å². The first-order valence-electron chi connectivity index (χ1n) is 7.58. The second-order valence-electron chi connectivity index (χ2n) is 5.44. The standard InChI is InChI=1S/C18H20N2O2/c19-15(14-7-2-1-3-8-14)13-18(21)20-11-6-12-22-17-10-5-4-9-16(17)20/h1-5,7-10,15H,6,11-13,19H2/t15-/m0/s1. The van der Waals surface area contributed by atoms with Gasteiger partial charge in [0.2, 0.25) is 5.91 Å². The van der Waals surface area contributed by atoms with Crippen LogP contribution in [0.15, 0.2) is 54.6 Å². The molecule has 1 atom stereocenters. The largest absolute Gasteiger partial charge is 0.491 e. The van der Waals surface area contributed by atoms with E-state index in [4.69, 9.17) is 10.5 Å². The van der Waals surface area contributed by atoms with Crippen molar-refractivity contribution in [2.75, 3.05) is 18.1 Å². The minimum Gasteiger partial charge on any atom is -0.491 e. The van der Waals surface area contributed by atoms with Crippen molar-refractivity contribution in [2.45, 2.75) is 18.9 Å². The summed E-state index contributed by atoms with van der Waals surface area (Å²) in [6.07, 6.45) is 1.11. The second kappa shape index (κ2) is 6.62. The van der Waals surface area contributed by atoms with Crippen molar-refractivity contribution in [2.24, 2.45) is 5.73 Å². The van der Waals surface area contributed by atoms with E-state index in [2.05, 4.69) is 0 Å². The molecule has 1 aliphatic heterocycles. The zero-order valence-electron chi connectivity index (χ0n) is 12.4. The normalized spacial score (nSPS) is 15.4. The predicted octanol–water partition coefficient (Wildman–Crippen LogP) is 2.89. The van der Waals surface area contributed by atoms with Gasteiger partial charge in [0.1, 0.15) is 5.75 Å². The van der Waals surface area contributed by atoms with E-state index in [-0.39, 0.29) is 11.9 Å². The molecule has 2 aromatic carbocycles. The third-order valence-corrected chi connectivity index (χ3v) is 3.86. The van der Waals surface area contributed by atoms with Gasteiger partial charge in [0.15, 0.2) is 0 Å². The van der Waals surface area contributed by atoms with Crippen LogP contribution in [0.25, 0.3) is 0 Å². The van der Waals surface area contributed by atoms with Crippen molar-refractivity contribution in [1.29, 1.82) is 0 Å². The van der Waals surface area contributed by atoms with Gasteiger partial charge in [-0.1, -0.05) is 42.5 Å². The maximum atomic E-state index is 12.7. The predicted molar refractivity (Wildman–Crippen MR) is 86.9 cm³/mol. The molecule has 1 amide bonds. The number of amides is 1. The fourth-order valence-corrected chi connectivity index (χ4v) is 2.70. The molecule has 0 saturated carbocycles. The van der Waals surface area contributed by atoms with Crippen LogP contribution in [-0.2, 0) is 4.79 Å². The van der Waals surface area contributed by atoms with Gasteiger partial charge < -0.3 is 15.4 Å². The second-order valence-corrected chi connectivity index (χ2v) is 5.44. The van der Waals surface area contributed by atoms with Crippen LogP contribution in [-0.4, -0.2) is 19.1 Å². The molecule has 114 valence electrons. The molecule has 0 unspecified atom stereocenters. The highest BCUT2D eigenvalue weighted by Crippen LogP contribution is 2.31. The van der Waals surface area contributed by atoms with Crippen molar-refractivity contribution >= 4 is 11.6 Å². The third kappa shape index (κ3) is 3.12. The molecule has 0 saturated heterocycles. The molecule has 0 aromatic heterocycles. The molecule has 2 aromatic rings. The van der Waals surface area contributed by atoms with E-state index >= 15 is 0 Å². The highest BCUT2D eigenvalue weighted by Gasteiger charge is 2.23. The maximum absolute atomic E-state index is 12.7. The summed E-state index contributed by atoms with van der Waals surface area (Å²) in [4.78, 5) is 14.5. The Labute approximate surface area is 130 Å². The first-order chi connectivity index (χ1) is 10.8. The average Bonchev–Trinajstić information content (AvgIpc) is 2.78. The summed E-state index contributed by atoms with van der Waals surface area (Å²) in [6, 6.07) is 17.1. The molecule has 0 spiro atoms. The summed E-state index contributed by atoms with van der Waals surface area (Å²) < 4.78 is 5.69. The fourth-order valence-electron chi connectivity index (χ4n) is 2.70.